The molecule has 0 aromatic heterocycles. The lowest BCUT2D eigenvalue weighted by Gasteiger charge is -2.18. The van der Waals surface area contributed by atoms with Gasteiger partial charge in [0, 0.05) is 19.6 Å². The Balaban J connectivity index is 2.46. The highest BCUT2D eigenvalue weighted by atomic mass is 32.2. The number of rotatable bonds is 3. The molecule has 0 bridgehead atoms. The van der Waals surface area contributed by atoms with Crippen LogP contribution < -0.4 is 5.73 Å². The van der Waals surface area contributed by atoms with Crippen molar-refractivity contribution in [3.05, 3.63) is 29.3 Å². The smallest absolute Gasteiger partial charge is 0.243 e. The van der Waals surface area contributed by atoms with Gasteiger partial charge in [-0.15, -0.1) is 0 Å². The normalized spacial score (nSPS) is 17.5. The van der Waals surface area contributed by atoms with E-state index in [2.05, 4.69) is 0 Å². The summed E-state index contributed by atoms with van der Waals surface area (Å²) >= 11 is 0. The van der Waals surface area contributed by atoms with E-state index in [1.54, 1.807) is 16.4 Å². The molecule has 1 aromatic carbocycles. The van der Waals surface area contributed by atoms with Crippen LogP contribution in [0.2, 0.25) is 0 Å². The van der Waals surface area contributed by atoms with Gasteiger partial charge in [-0.25, -0.2) is 8.42 Å². The van der Waals surface area contributed by atoms with Crippen LogP contribution in [0.3, 0.4) is 0 Å². The average molecular weight is 254 g/mol. The van der Waals surface area contributed by atoms with Gasteiger partial charge in [-0.3, -0.25) is 0 Å². The molecule has 1 fully saturated rings. The Labute approximate surface area is 102 Å². The number of benzene rings is 1. The Morgan fingerprint density at radius 2 is 1.94 bits per heavy atom. The maximum absolute atomic E-state index is 12.4. The van der Waals surface area contributed by atoms with Crippen molar-refractivity contribution < 1.29 is 8.42 Å². The number of sulfonamides is 1. The fourth-order valence-corrected chi connectivity index (χ4v) is 4.01. The number of nitrogens with zero attached hydrogens (tertiary/aromatic N) is 1. The zero-order chi connectivity index (χ0) is 12.5. The second kappa shape index (κ2) is 4.76. The SMILES string of the molecule is Cc1c(CN)cccc1S(=O)(=O)N1CCCC1. The van der Waals surface area contributed by atoms with E-state index in [9.17, 15) is 8.42 Å². The molecule has 4 nitrogen and oxygen atoms in total. The van der Waals surface area contributed by atoms with Crippen molar-refractivity contribution in [1.29, 1.82) is 0 Å². The largest absolute Gasteiger partial charge is 0.326 e. The highest BCUT2D eigenvalue weighted by Crippen LogP contribution is 2.25. The lowest BCUT2D eigenvalue weighted by molar-refractivity contribution is 0.477. The van der Waals surface area contributed by atoms with Crippen molar-refractivity contribution in [2.75, 3.05) is 13.1 Å². The molecule has 1 aliphatic rings. The van der Waals surface area contributed by atoms with Crippen molar-refractivity contribution in [3.63, 3.8) is 0 Å². The molecule has 1 aromatic rings. The van der Waals surface area contributed by atoms with E-state index in [1.165, 1.54) is 0 Å². The van der Waals surface area contributed by atoms with Crippen LogP contribution in [0.1, 0.15) is 24.0 Å². The van der Waals surface area contributed by atoms with E-state index in [0.29, 0.717) is 24.5 Å². The predicted octanol–water partition coefficient (Wildman–Crippen LogP) is 1.24. The number of hydrogen-bond donors (Lipinski definition) is 1. The average Bonchev–Trinajstić information content (AvgIpc) is 2.83. The van der Waals surface area contributed by atoms with E-state index >= 15 is 0 Å². The van der Waals surface area contributed by atoms with Crippen molar-refractivity contribution in [3.8, 4) is 0 Å². The van der Waals surface area contributed by atoms with Crippen LogP contribution in [0, 0.1) is 6.92 Å². The molecule has 1 heterocycles. The first kappa shape index (κ1) is 12.5. The van der Waals surface area contributed by atoms with Gasteiger partial charge < -0.3 is 5.73 Å². The van der Waals surface area contributed by atoms with Gasteiger partial charge in [-0.2, -0.15) is 4.31 Å². The van der Waals surface area contributed by atoms with E-state index in [4.69, 9.17) is 5.73 Å². The fourth-order valence-electron chi connectivity index (χ4n) is 2.23. The Bertz CT molecular complexity index is 505. The summed E-state index contributed by atoms with van der Waals surface area (Å²) < 4.78 is 26.4. The summed E-state index contributed by atoms with van der Waals surface area (Å²) in [5.74, 6) is 0. The first-order chi connectivity index (χ1) is 8.07. The van der Waals surface area contributed by atoms with Crippen molar-refractivity contribution in [2.45, 2.75) is 31.2 Å². The van der Waals surface area contributed by atoms with Gasteiger partial charge in [0.15, 0.2) is 0 Å². The predicted molar refractivity (Wildman–Crippen MR) is 67.1 cm³/mol. The number of nitrogens with two attached hydrogens (primary N) is 1. The van der Waals surface area contributed by atoms with Crippen LogP contribution >= 0.6 is 0 Å². The standard InChI is InChI=1S/C12H18N2O2S/c1-10-11(9-13)5-4-6-12(10)17(15,16)14-7-2-3-8-14/h4-6H,2-3,7-9,13H2,1H3. The minimum atomic E-state index is -3.32. The zero-order valence-electron chi connectivity index (χ0n) is 10.0. The minimum absolute atomic E-state index is 0.370. The molecule has 0 amide bonds. The molecule has 0 aliphatic carbocycles. The third kappa shape index (κ3) is 2.22. The molecule has 0 saturated carbocycles. The highest BCUT2D eigenvalue weighted by molar-refractivity contribution is 7.89. The van der Waals surface area contributed by atoms with Crippen LogP contribution in [0.5, 0.6) is 0 Å². The Kier molecular flexibility index (Phi) is 3.51. The Morgan fingerprint density at radius 1 is 1.29 bits per heavy atom. The maximum Gasteiger partial charge on any atom is 0.243 e. The van der Waals surface area contributed by atoms with Gasteiger partial charge in [-0.1, -0.05) is 12.1 Å². The van der Waals surface area contributed by atoms with Crippen molar-refractivity contribution in [1.82, 2.24) is 4.31 Å². The molecule has 2 rings (SSSR count). The molecule has 0 unspecified atom stereocenters. The van der Waals surface area contributed by atoms with Crippen LogP contribution in [-0.4, -0.2) is 25.8 Å². The molecule has 94 valence electrons. The molecular formula is C12H18N2O2S. The number of hydrogen-bond acceptors (Lipinski definition) is 3. The van der Waals surface area contributed by atoms with Crippen LogP contribution in [0.15, 0.2) is 23.1 Å². The molecule has 0 spiro atoms. The van der Waals surface area contributed by atoms with E-state index < -0.39 is 10.0 Å². The fraction of sp³-hybridized carbons (Fsp3) is 0.500. The summed E-state index contributed by atoms with van der Waals surface area (Å²) in [6.45, 7) is 3.46. The zero-order valence-corrected chi connectivity index (χ0v) is 10.8. The van der Waals surface area contributed by atoms with Gasteiger partial charge in [0.1, 0.15) is 0 Å². The second-order valence-electron chi connectivity index (χ2n) is 4.36. The molecule has 1 saturated heterocycles. The molecule has 1 aliphatic heterocycles. The summed E-state index contributed by atoms with van der Waals surface area (Å²) in [7, 11) is -3.32. The molecule has 17 heavy (non-hydrogen) atoms. The van der Waals surface area contributed by atoms with Gasteiger partial charge in [0.05, 0.1) is 4.90 Å². The quantitative estimate of drug-likeness (QED) is 0.882. The van der Waals surface area contributed by atoms with Gasteiger partial charge in [0.2, 0.25) is 10.0 Å². The van der Waals surface area contributed by atoms with Gasteiger partial charge in [-0.05, 0) is 37.0 Å². The summed E-state index contributed by atoms with van der Waals surface area (Å²) in [4.78, 5) is 0.405. The molecule has 0 radical (unpaired) electrons. The van der Waals surface area contributed by atoms with Crippen LogP contribution in [-0.2, 0) is 16.6 Å². The summed E-state index contributed by atoms with van der Waals surface area (Å²) in [6, 6.07) is 5.30. The minimum Gasteiger partial charge on any atom is -0.326 e. The van der Waals surface area contributed by atoms with Crippen molar-refractivity contribution in [2.24, 2.45) is 5.73 Å². The van der Waals surface area contributed by atoms with Gasteiger partial charge >= 0.3 is 0 Å². The third-order valence-electron chi connectivity index (χ3n) is 3.30. The summed E-state index contributed by atoms with van der Waals surface area (Å²) in [5, 5.41) is 0. The van der Waals surface area contributed by atoms with Crippen LogP contribution in [0.25, 0.3) is 0 Å². The van der Waals surface area contributed by atoms with Crippen LogP contribution in [0.4, 0.5) is 0 Å². The van der Waals surface area contributed by atoms with E-state index in [-0.39, 0.29) is 0 Å². The third-order valence-corrected chi connectivity index (χ3v) is 5.34. The van der Waals surface area contributed by atoms with E-state index in [0.717, 1.165) is 24.0 Å². The lowest BCUT2D eigenvalue weighted by Crippen LogP contribution is -2.28. The second-order valence-corrected chi connectivity index (χ2v) is 6.26. The first-order valence-electron chi connectivity index (χ1n) is 5.86. The Morgan fingerprint density at radius 3 is 2.53 bits per heavy atom. The molecular weight excluding hydrogens is 236 g/mol. The molecule has 5 heteroatoms. The first-order valence-corrected chi connectivity index (χ1v) is 7.30. The maximum atomic E-state index is 12.4. The summed E-state index contributed by atoms with van der Waals surface area (Å²) in [5.41, 5.74) is 7.28. The Hall–Kier alpha value is -0.910. The highest BCUT2D eigenvalue weighted by Gasteiger charge is 2.28. The van der Waals surface area contributed by atoms with Crippen molar-refractivity contribution >= 4 is 10.0 Å². The van der Waals surface area contributed by atoms with E-state index in [1.807, 2.05) is 13.0 Å². The van der Waals surface area contributed by atoms with Gasteiger partial charge in [0.25, 0.3) is 0 Å². The molecule has 2 N–H and O–H groups in total. The topological polar surface area (TPSA) is 63.4 Å². The molecule has 0 atom stereocenters. The lowest BCUT2D eigenvalue weighted by atomic mass is 10.1. The summed E-state index contributed by atoms with van der Waals surface area (Å²) in [6.07, 6.45) is 1.91. The monoisotopic (exact) mass is 254 g/mol.